The highest BCUT2D eigenvalue weighted by atomic mass is 19.1. The number of rotatable bonds is 5. The zero-order valence-electron chi connectivity index (χ0n) is 13.5. The highest BCUT2D eigenvalue weighted by Gasteiger charge is 2.11. The van der Waals surface area contributed by atoms with E-state index < -0.39 is 5.82 Å². The van der Waals surface area contributed by atoms with Crippen LogP contribution in [-0.2, 0) is 6.54 Å². The number of anilines is 2. The molecule has 2 aromatic heterocycles. The number of para-hydroxylation sites is 1. The van der Waals surface area contributed by atoms with Crippen LogP contribution < -0.4 is 10.6 Å². The molecule has 0 bridgehead atoms. The number of hydrogen-bond donors (Lipinski definition) is 2. The van der Waals surface area contributed by atoms with E-state index in [0.717, 1.165) is 5.56 Å². The lowest BCUT2D eigenvalue weighted by Crippen LogP contribution is -2.24. The normalized spacial score (nSPS) is 10.3. The van der Waals surface area contributed by atoms with Crippen LogP contribution in [0.3, 0.4) is 0 Å². The topological polar surface area (TPSA) is 79.8 Å². The van der Waals surface area contributed by atoms with Crippen molar-refractivity contribution in [3.63, 3.8) is 0 Å². The minimum Gasteiger partial charge on any atom is -0.347 e. The molecule has 0 fully saturated rings. The van der Waals surface area contributed by atoms with Crippen molar-refractivity contribution in [2.24, 2.45) is 0 Å². The number of aryl methyl sites for hydroxylation is 1. The Bertz CT molecular complexity index is 886. The molecule has 2 heterocycles. The van der Waals surface area contributed by atoms with Crippen molar-refractivity contribution in [2.45, 2.75) is 13.5 Å². The van der Waals surface area contributed by atoms with Crippen molar-refractivity contribution in [1.29, 1.82) is 0 Å². The summed E-state index contributed by atoms with van der Waals surface area (Å²) in [5, 5.41) is 5.65. The Balaban J connectivity index is 1.74. The van der Waals surface area contributed by atoms with Crippen molar-refractivity contribution in [2.75, 3.05) is 5.32 Å². The van der Waals surface area contributed by atoms with E-state index in [-0.39, 0.29) is 17.3 Å². The molecule has 0 atom stereocenters. The smallest absolute Gasteiger partial charge is 0.270 e. The maximum Gasteiger partial charge on any atom is 0.270 e. The Hall–Kier alpha value is -3.35. The number of nitrogens with zero attached hydrogens (tertiary/aromatic N) is 3. The maximum atomic E-state index is 13.8. The monoisotopic (exact) mass is 337 g/mol. The third-order valence-corrected chi connectivity index (χ3v) is 3.41. The van der Waals surface area contributed by atoms with Crippen molar-refractivity contribution < 1.29 is 9.18 Å². The summed E-state index contributed by atoms with van der Waals surface area (Å²) < 4.78 is 13.8. The second kappa shape index (κ2) is 7.48. The summed E-state index contributed by atoms with van der Waals surface area (Å²) in [5.74, 6) is 0.0309. The molecule has 0 aliphatic heterocycles. The van der Waals surface area contributed by atoms with Gasteiger partial charge in [0.15, 0.2) is 0 Å². The molecule has 0 saturated carbocycles. The summed E-state index contributed by atoms with van der Waals surface area (Å²) in [7, 11) is 0. The Morgan fingerprint density at radius 1 is 1.12 bits per heavy atom. The van der Waals surface area contributed by atoms with Crippen LogP contribution in [0.15, 0.2) is 54.9 Å². The zero-order valence-corrected chi connectivity index (χ0v) is 13.5. The van der Waals surface area contributed by atoms with E-state index in [1.54, 1.807) is 37.5 Å². The number of aromatic nitrogens is 3. The van der Waals surface area contributed by atoms with Crippen LogP contribution >= 0.6 is 0 Å². The fourth-order valence-electron chi connectivity index (χ4n) is 2.22. The molecule has 126 valence electrons. The predicted octanol–water partition coefficient (Wildman–Crippen LogP) is 2.99. The number of amides is 1. The summed E-state index contributed by atoms with van der Waals surface area (Å²) in [4.78, 5) is 24.6. The first kappa shape index (κ1) is 16.5. The number of nitrogens with one attached hydrogen (secondary N) is 2. The van der Waals surface area contributed by atoms with Gasteiger partial charge < -0.3 is 10.6 Å². The molecule has 3 aromatic rings. The van der Waals surface area contributed by atoms with E-state index in [1.807, 2.05) is 12.1 Å². The molecule has 1 aromatic carbocycles. The Kier molecular flexibility index (Phi) is 4.94. The molecular formula is C18H16FN5O. The van der Waals surface area contributed by atoms with Gasteiger partial charge in [0, 0.05) is 25.0 Å². The lowest BCUT2D eigenvalue weighted by molar-refractivity contribution is 0.0945. The lowest BCUT2D eigenvalue weighted by Gasteiger charge is -2.10. The fraction of sp³-hybridized carbons (Fsp3) is 0.111. The van der Waals surface area contributed by atoms with Crippen LogP contribution in [-0.4, -0.2) is 20.9 Å². The van der Waals surface area contributed by atoms with E-state index >= 15 is 0 Å². The zero-order chi connectivity index (χ0) is 17.6. The van der Waals surface area contributed by atoms with Gasteiger partial charge in [-0.3, -0.25) is 9.78 Å². The average molecular weight is 337 g/mol. The first-order valence-corrected chi connectivity index (χ1v) is 7.66. The van der Waals surface area contributed by atoms with Crippen LogP contribution in [0.2, 0.25) is 0 Å². The maximum absolute atomic E-state index is 13.8. The molecular weight excluding hydrogens is 321 g/mol. The Morgan fingerprint density at radius 3 is 2.64 bits per heavy atom. The van der Waals surface area contributed by atoms with Gasteiger partial charge in [0.2, 0.25) is 0 Å². The number of hydrogen-bond acceptors (Lipinski definition) is 5. The molecule has 6 nitrogen and oxygen atoms in total. The first-order valence-electron chi connectivity index (χ1n) is 7.66. The minimum atomic E-state index is -0.401. The second-order valence-electron chi connectivity index (χ2n) is 5.33. The van der Waals surface area contributed by atoms with Gasteiger partial charge in [-0.25, -0.2) is 14.4 Å². The van der Waals surface area contributed by atoms with Crippen molar-refractivity contribution in [3.05, 3.63) is 77.8 Å². The molecule has 2 N–H and O–H groups in total. The molecule has 0 aliphatic rings. The Labute approximate surface area is 144 Å². The van der Waals surface area contributed by atoms with Gasteiger partial charge in [0.1, 0.15) is 23.2 Å². The molecule has 0 aliphatic carbocycles. The second-order valence-corrected chi connectivity index (χ2v) is 5.33. The van der Waals surface area contributed by atoms with Gasteiger partial charge in [-0.05, 0) is 36.8 Å². The summed E-state index contributed by atoms with van der Waals surface area (Å²) in [5.41, 5.74) is 1.42. The van der Waals surface area contributed by atoms with Crippen LogP contribution in [0, 0.1) is 12.7 Å². The highest BCUT2D eigenvalue weighted by Crippen LogP contribution is 2.18. The third kappa shape index (κ3) is 4.35. The van der Waals surface area contributed by atoms with Crippen molar-refractivity contribution >= 4 is 17.4 Å². The molecule has 0 spiro atoms. The molecule has 7 heteroatoms. The molecule has 0 saturated heterocycles. The van der Waals surface area contributed by atoms with Crippen molar-refractivity contribution in [1.82, 2.24) is 20.3 Å². The van der Waals surface area contributed by atoms with Gasteiger partial charge in [0.05, 0.1) is 5.69 Å². The Morgan fingerprint density at radius 2 is 1.88 bits per heavy atom. The average Bonchev–Trinajstić information content (AvgIpc) is 2.62. The molecule has 3 rings (SSSR count). The van der Waals surface area contributed by atoms with Crippen LogP contribution in [0.1, 0.15) is 21.9 Å². The summed E-state index contributed by atoms with van der Waals surface area (Å²) in [6, 6.07) is 11.4. The van der Waals surface area contributed by atoms with Crippen LogP contribution in [0.25, 0.3) is 0 Å². The number of benzene rings is 1. The lowest BCUT2D eigenvalue weighted by atomic mass is 10.2. The molecule has 0 radical (unpaired) electrons. The predicted molar refractivity (Wildman–Crippen MR) is 91.9 cm³/mol. The van der Waals surface area contributed by atoms with E-state index in [1.165, 1.54) is 12.1 Å². The summed E-state index contributed by atoms with van der Waals surface area (Å²) in [6.45, 7) is 2.03. The number of carbonyl (C=O) groups excluding carboxylic acids is 1. The standard InChI is InChI=1S/C18H16FN5O/c1-12-22-16(18(25)21-11-13-6-8-20-9-7-13)10-17(23-12)24-15-5-3-2-4-14(15)19/h2-10H,11H2,1H3,(H,21,25)(H,22,23,24). The summed E-state index contributed by atoms with van der Waals surface area (Å²) in [6.07, 6.45) is 3.32. The molecule has 1 amide bonds. The largest absolute Gasteiger partial charge is 0.347 e. The fourth-order valence-corrected chi connectivity index (χ4v) is 2.22. The van der Waals surface area contributed by atoms with Gasteiger partial charge in [-0.1, -0.05) is 12.1 Å². The number of pyridine rings is 1. The molecule has 0 unspecified atom stereocenters. The van der Waals surface area contributed by atoms with Gasteiger partial charge >= 0.3 is 0 Å². The van der Waals surface area contributed by atoms with Crippen LogP contribution in [0.5, 0.6) is 0 Å². The van der Waals surface area contributed by atoms with Gasteiger partial charge in [0.25, 0.3) is 5.91 Å². The van der Waals surface area contributed by atoms with E-state index in [4.69, 9.17) is 0 Å². The van der Waals surface area contributed by atoms with E-state index in [9.17, 15) is 9.18 Å². The van der Waals surface area contributed by atoms with Gasteiger partial charge in [-0.15, -0.1) is 0 Å². The van der Waals surface area contributed by atoms with E-state index in [0.29, 0.717) is 18.2 Å². The number of carbonyl (C=O) groups is 1. The highest BCUT2D eigenvalue weighted by molar-refractivity contribution is 5.93. The quantitative estimate of drug-likeness (QED) is 0.748. The third-order valence-electron chi connectivity index (χ3n) is 3.41. The number of halogens is 1. The van der Waals surface area contributed by atoms with Gasteiger partial charge in [-0.2, -0.15) is 0 Å². The van der Waals surface area contributed by atoms with E-state index in [2.05, 4.69) is 25.6 Å². The summed E-state index contributed by atoms with van der Waals surface area (Å²) >= 11 is 0. The van der Waals surface area contributed by atoms with Crippen LogP contribution in [0.4, 0.5) is 15.9 Å². The van der Waals surface area contributed by atoms with Crippen molar-refractivity contribution in [3.8, 4) is 0 Å². The minimum absolute atomic E-state index is 0.209. The SMILES string of the molecule is Cc1nc(Nc2ccccc2F)cc(C(=O)NCc2ccncc2)n1. The first-order chi connectivity index (χ1) is 12.1. The molecule has 25 heavy (non-hydrogen) atoms.